The van der Waals surface area contributed by atoms with Crippen molar-refractivity contribution in [1.29, 1.82) is 0 Å². The summed E-state index contributed by atoms with van der Waals surface area (Å²) in [7, 11) is 0. The zero-order valence-electron chi connectivity index (χ0n) is 9.63. The molecule has 0 aliphatic carbocycles. The third-order valence-corrected chi connectivity index (χ3v) is 3.60. The van der Waals surface area contributed by atoms with Crippen molar-refractivity contribution in [3.05, 3.63) is 26.9 Å². The molecule has 0 aliphatic rings. The molecule has 0 unspecified atom stereocenters. The van der Waals surface area contributed by atoms with Gasteiger partial charge in [0.25, 0.3) is 0 Å². The normalized spacial score (nSPS) is 12.3. The highest BCUT2D eigenvalue weighted by Gasteiger charge is 2.20. The van der Waals surface area contributed by atoms with Crippen molar-refractivity contribution in [1.82, 2.24) is 5.32 Å². The highest BCUT2D eigenvalue weighted by molar-refractivity contribution is 9.11. The van der Waals surface area contributed by atoms with Crippen LogP contribution in [-0.4, -0.2) is 28.9 Å². The lowest BCUT2D eigenvalue weighted by molar-refractivity contribution is -0.142. The van der Waals surface area contributed by atoms with Crippen LogP contribution in [0.3, 0.4) is 0 Å². The zero-order valence-corrected chi connectivity index (χ0v) is 12.0. The van der Waals surface area contributed by atoms with Crippen LogP contribution in [0.15, 0.2) is 22.0 Å². The number of thiophene rings is 1. The van der Waals surface area contributed by atoms with Gasteiger partial charge in [-0.1, -0.05) is 0 Å². The van der Waals surface area contributed by atoms with E-state index < -0.39 is 30.2 Å². The molecule has 1 atom stereocenters. The third kappa shape index (κ3) is 5.66. The Hall–Kier alpha value is -1.67. The number of nitrogens with one attached hydrogen (secondary N) is 1. The summed E-state index contributed by atoms with van der Waals surface area (Å²) >= 11 is 4.71. The molecule has 0 radical (unpaired) electrons. The number of rotatable bonds is 6. The number of nitrogens with two attached hydrogens (primary N) is 1. The van der Waals surface area contributed by atoms with Gasteiger partial charge in [0.15, 0.2) is 0 Å². The quantitative estimate of drug-likeness (QED) is 0.666. The average Bonchev–Trinajstić information content (AvgIpc) is 2.71. The molecule has 6 nitrogen and oxygen atoms in total. The molecular formula is C11H11BrN2O4S. The van der Waals surface area contributed by atoms with Crippen LogP contribution in [0, 0.1) is 0 Å². The van der Waals surface area contributed by atoms with Crippen molar-refractivity contribution in [2.24, 2.45) is 5.73 Å². The third-order valence-electron chi connectivity index (χ3n) is 2.01. The average molecular weight is 347 g/mol. The topological polar surface area (TPSA) is 109 Å². The minimum atomic E-state index is -1.32. The first kappa shape index (κ1) is 15.4. The molecule has 0 bridgehead atoms. The first-order chi connectivity index (χ1) is 8.88. The molecule has 0 aromatic carbocycles. The number of hydrogen-bond donors (Lipinski definition) is 3. The first-order valence-corrected chi connectivity index (χ1v) is 6.74. The van der Waals surface area contributed by atoms with E-state index in [1.165, 1.54) is 17.4 Å². The van der Waals surface area contributed by atoms with Crippen molar-refractivity contribution in [3.63, 3.8) is 0 Å². The molecule has 0 spiro atoms. The molecule has 19 heavy (non-hydrogen) atoms. The lowest BCUT2D eigenvalue weighted by Gasteiger charge is -2.10. The first-order valence-electron chi connectivity index (χ1n) is 5.13. The fourth-order valence-electron chi connectivity index (χ4n) is 1.20. The van der Waals surface area contributed by atoms with Gasteiger partial charge in [-0.15, -0.1) is 11.3 Å². The van der Waals surface area contributed by atoms with Gasteiger partial charge in [0.2, 0.25) is 11.8 Å². The van der Waals surface area contributed by atoms with Crippen molar-refractivity contribution in [3.8, 4) is 0 Å². The van der Waals surface area contributed by atoms with Gasteiger partial charge in [-0.3, -0.25) is 9.59 Å². The SMILES string of the molecule is NC(=O)C[C@H](NC(=O)C=Cc1ccc(Br)s1)C(=O)O. The van der Waals surface area contributed by atoms with Crippen LogP contribution in [0.25, 0.3) is 6.08 Å². The second kappa shape index (κ2) is 7.05. The number of amides is 2. The van der Waals surface area contributed by atoms with E-state index in [0.29, 0.717) is 0 Å². The van der Waals surface area contributed by atoms with Crippen LogP contribution in [0.4, 0.5) is 0 Å². The number of carboxylic acid groups (broad SMARTS) is 1. The Balaban J connectivity index is 2.60. The summed E-state index contributed by atoms with van der Waals surface area (Å²) in [4.78, 5) is 33.8. The lowest BCUT2D eigenvalue weighted by Crippen LogP contribution is -2.42. The zero-order chi connectivity index (χ0) is 14.4. The molecule has 0 aliphatic heterocycles. The minimum absolute atomic E-state index is 0.445. The van der Waals surface area contributed by atoms with Crippen LogP contribution in [0.5, 0.6) is 0 Å². The van der Waals surface area contributed by atoms with Gasteiger partial charge in [0.1, 0.15) is 6.04 Å². The summed E-state index contributed by atoms with van der Waals surface area (Å²) < 4.78 is 0.921. The van der Waals surface area contributed by atoms with E-state index in [2.05, 4.69) is 21.2 Å². The Labute approximate surface area is 121 Å². The summed E-state index contributed by atoms with van der Waals surface area (Å²) in [5.41, 5.74) is 4.90. The number of primary amides is 1. The fourth-order valence-corrected chi connectivity index (χ4v) is 2.52. The largest absolute Gasteiger partial charge is 0.480 e. The summed E-state index contributed by atoms with van der Waals surface area (Å²) in [5.74, 6) is -2.70. The molecule has 1 aromatic heterocycles. The van der Waals surface area contributed by atoms with E-state index >= 15 is 0 Å². The smallest absolute Gasteiger partial charge is 0.326 e. The van der Waals surface area contributed by atoms with Crippen LogP contribution >= 0.6 is 27.3 Å². The highest BCUT2D eigenvalue weighted by Crippen LogP contribution is 2.22. The van der Waals surface area contributed by atoms with Gasteiger partial charge >= 0.3 is 5.97 Å². The molecule has 4 N–H and O–H groups in total. The molecule has 1 heterocycles. The molecule has 0 saturated heterocycles. The van der Waals surface area contributed by atoms with Gasteiger partial charge in [0.05, 0.1) is 10.2 Å². The second-order valence-corrected chi connectivity index (χ2v) is 6.04. The summed E-state index contributed by atoms with van der Waals surface area (Å²) in [6.45, 7) is 0. The summed E-state index contributed by atoms with van der Waals surface area (Å²) in [5, 5.41) is 11.0. The Morgan fingerprint density at radius 2 is 2.16 bits per heavy atom. The summed E-state index contributed by atoms with van der Waals surface area (Å²) in [6, 6.07) is 2.32. The van der Waals surface area contributed by atoms with Crippen LogP contribution < -0.4 is 11.1 Å². The maximum absolute atomic E-state index is 11.5. The molecule has 0 fully saturated rings. The van der Waals surface area contributed by atoms with E-state index in [9.17, 15) is 14.4 Å². The molecule has 8 heteroatoms. The Morgan fingerprint density at radius 1 is 1.47 bits per heavy atom. The number of carbonyl (C=O) groups is 3. The molecule has 0 saturated carbocycles. The number of hydrogen-bond acceptors (Lipinski definition) is 4. The second-order valence-electron chi connectivity index (χ2n) is 3.55. The molecule has 1 aromatic rings. The van der Waals surface area contributed by atoms with Gasteiger partial charge in [-0.05, 0) is 34.1 Å². The maximum Gasteiger partial charge on any atom is 0.326 e. The van der Waals surface area contributed by atoms with Crippen molar-refractivity contribution < 1.29 is 19.5 Å². The van der Waals surface area contributed by atoms with Crippen molar-refractivity contribution >= 4 is 51.1 Å². The van der Waals surface area contributed by atoms with E-state index in [1.807, 2.05) is 6.07 Å². The van der Waals surface area contributed by atoms with Crippen molar-refractivity contribution in [2.45, 2.75) is 12.5 Å². The van der Waals surface area contributed by atoms with Crippen molar-refractivity contribution in [2.75, 3.05) is 0 Å². The molecule has 102 valence electrons. The Bertz CT molecular complexity index is 527. The van der Waals surface area contributed by atoms with E-state index in [-0.39, 0.29) is 0 Å². The van der Waals surface area contributed by atoms with E-state index in [4.69, 9.17) is 10.8 Å². The molecule has 2 amide bonds. The van der Waals surface area contributed by atoms with Crippen LogP contribution in [0.2, 0.25) is 0 Å². The van der Waals surface area contributed by atoms with Gasteiger partial charge in [-0.25, -0.2) is 4.79 Å². The minimum Gasteiger partial charge on any atom is -0.480 e. The predicted octanol–water partition coefficient (Wildman–Crippen LogP) is 0.969. The van der Waals surface area contributed by atoms with Crippen LogP contribution in [0.1, 0.15) is 11.3 Å². The Morgan fingerprint density at radius 3 is 2.63 bits per heavy atom. The molecule has 1 rings (SSSR count). The molecular weight excluding hydrogens is 336 g/mol. The lowest BCUT2D eigenvalue weighted by atomic mass is 10.2. The van der Waals surface area contributed by atoms with Crippen LogP contribution in [-0.2, 0) is 14.4 Å². The Kier molecular flexibility index (Phi) is 5.71. The number of halogens is 1. The van der Waals surface area contributed by atoms with Gasteiger partial charge in [0, 0.05) is 11.0 Å². The van der Waals surface area contributed by atoms with Gasteiger partial charge in [-0.2, -0.15) is 0 Å². The summed E-state index contributed by atoms with van der Waals surface area (Å²) in [6.07, 6.45) is 2.31. The number of aliphatic carboxylic acids is 1. The van der Waals surface area contributed by atoms with E-state index in [1.54, 1.807) is 12.1 Å². The highest BCUT2D eigenvalue weighted by atomic mass is 79.9. The number of carbonyl (C=O) groups excluding carboxylic acids is 2. The number of carboxylic acids is 1. The standard InChI is InChI=1S/C11H11BrN2O4S/c12-8-3-1-6(19-8)2-4-10(16)14-7(11(17)18)5-9(13)15/h1-4,7H,5H2,(H2,13,15)(H,14,16)(H,17,18)/t7-/m0/s1. The monoisotopic (exact) mass is 346 g/mol. The predicted molar refractivity (Wildman–Crippen MR) is 74.4 cm³/mol. The van der Waals surface area contributed by atoms with E-state index in [0.717, 1.165) is 8.66 Å². The fraction of sp³-hybridized carbons (Fsp3) is 0.182. The van der Waals surface area contributed by atoms with Gasteiger partial charge < -0.3 is 16.2 Å². The maximum atomic E-state index is 11.5.